The Hall–Kier alpha value is -0.110. The van der Waals surface area contributed by atoms with E-state index < -0.39 is 15.8 Å². The van der Waals surface area contributed by atoms with Crippen molar-refractivity contribution in [3.05, 3.63) is 28.5 Å². The quantitative estimate of drug-likeness (QED) is 0.749. The van der Waals surface area contributed by atoms with Gasteiger partial charge in [0.15, 0.2) is 0 Å². The van der Waals surface area contributed by atoms with Gasteiger partial charge in [0.05, 0.1) is 4.90 Å². The maximum Gasteiger partial charge on any atom is 0.241 e. The third-order valence-corrected chi connectivity index (χ3v) is 5.94. The molecular weight excluding hydrogens is 353 g/mol. The molecule has 1 aromatic carbocycles. The fourth-order valence-corrected chi connectivity index (χ4v) is 4.62. The second kappa shape index (κ2) is 7.61. The lowest BCUT2D eigenvalue weighted by Gasteiger charge is -2.14. The highest BCUT2D eigenvalue weighted by atomic mass is 79.9. The fraction of sp³-hybridized carbons (Fsp3) is 0.500. The van der Waals surface area contributed by atoms with Crippen LogP contribution in [-0.4, -0.2) is 26.0 Å². The first-order valence-corrected chi connectivity index (χ1v) is 9.35. The first-order chi connectivity index (χ1) is 8.86. The molecule has 0 aliphatic rings. The van der Waals surface area contributed by atoms with Crippen LogP contribution in [0.2, 0.25) is 0 Å². The van der Waals surface area contributed by atoms with Crippen LogP contribution in [0, 0.1) is 5.82 Å². The average Bonchev–Trinajstić information content (AvgIpc) is 2.27. The lowest BCUT2D eigenvalue weighted by atomic mass is 10.3. The summed E-state index contributed by atoms with van der Waals surface area (Å²) < 4.78 is 40.1. The molecule has 0 amide bonds. The third-order valence-electron chi connectivity index (χ3n) is 2.44. The zero-order valence-corrected chi connectivity index (χ0v) is 14.0. The Morgan fingerprint density at radius 1 is 1.47 bits per heavy atom. The van der Waals surface area contributed by atoms with E-state index in [2.05, 4.69) is 27.6 Å². The van der Waals surface area contributed by atoms with Gasteiger partial charge in [0.25, 0.3) is 0 Å². The van der Waals surface area contributed by atoms with Crippen LogP contribution in [0.5, 0.6) is 0 Å². The molecule has 0 saturated heterocycles. The molecule has 0 spiro atoms. The van der Waals surface area contributed by atoms with Crippen molar-refractivity contribution in [3.63, 3.8) is 0 Å². The zero-order valence-electron chi connectivity index (χ0n) is 10.8. The standard InChI is InChI=1S/C12H17BrFNO2S2/c1-3-18-7-6-9(2)15-19(16,17)12-5-4-10(14)8-11(12)13/h4-5,8-9,15H,3,6-7H2,1-2H3. The van der Waals surface area contributed by atoms with Crippen LogP contribution < -0.4 is 4.72 Å². The highest BCUT2D eigenvalue weighted by molar-refractivity contribution is 9.10. The minimum atomic E-state index is -3.62. The molecule has 0 aliphatic heterocycles. The first-order valence-electron chi connectivity index (χ1n) is 5.92. The maximum atomic E-state index is 13.0. The topological polar surface area (TPSA) is 46.2 Å². The van der Waals surface area contributed by atoms with Gasteiger partial charge in [0, 0.05) is 10.5 Å². The molecule has 3 nitrogen and oxygen atoms in total. The van der Waals surface area contributed by atoms with Crippen molar-refractivity contribution < 1.29 is 12.8 Å². The molecule has 0 saturated carbocycles. The summed E-state index contributed by atoms with van der Waals surface area (Å²) in [6, 6.07) is 3.39. The summed E-state index contributed by atoms with van der Waals surface area (Å²) in [5.74, 6) is 1.45. The highest BCUT2D eigenvalue weighted by Gasteiger charge is 2.20. The average molecular weight is 370 g/mol. The van der Waals surface area contributed by atoms with E-state index in [1.807, 2.05) is 6.92 Å². The Kier molecular flexibility index (Phi) is 6.79. The number of benzene rings is 1. The van der Waals surface area contributed by atoms with Gasteiger partial charge in [-0.15, -0.1) is 0 Å². The van der Waals surface area contributed by atoms with Crippen molar-refractivity contribution in [2.45, 2.75) is 31.2 Å². The Labute approximate surface area is 126 Å². The van der Waals surface area contributed by atoms with E-state index in [0.29, 0.717) is 0 Å². The first kappa shape index (κ1) is 16.9. The van der Waals surface area contributed by atoms with Gasteiger partial charge in [0.1, 0.15) is 5.82 Å². The molecule has 1 rings (SSSR count). The molecule has 7 heteroatoms. The zero-order chi connectivity index (χ0) is 14.5. The van der Waals surface area contributed by atoms with Gasteiger partial charge in [0.2, 0.25) is 10.0 Å². The van der Waals surface area contributed by atoms with Gasteiger partial charge >= 0.3 is 0 Å². The molecule has 1 unspecified atom stereocenters. The molecular formula is C12H17BrFNO2S2. The third kappa shape index (κ3) is 5.41. The normalized spacial score (nSPS) is 13.5. The summed E-state index contributed by atoms with van der Waals surface area (Å²) in [5.41, 5.74) is 0. The monoisotopic (exact) mass is 369 g/mol. The number of thioether (sulfide) groups is 1. The second-order valence-electron chi connectivity index (χ2n) is 4.08. The van der Waals surface area contributed by atoms with Crippen LogP contribution in [0.15, 0.2) is 27.6 Å². The second-order valence-corrected chi connectivity index (χ2v) is 8.01. The predicted molar refractivity (Wildman–Crippen MR) is 81.5 cm³/mol. The highest BCUT2D eigenvalue weighted by Crippen LogP contribution is 2.23. The van der Waals surface area contributed by atoms with Crippen molar-refractivity contribution in [2.24, 2.45) is 0 Å². The van der Waals surface area contributed by atoms with Crippen molar-refractivity contribution >= 4 is 37.7 Å². The SMILES string of the molecule is CCSCCC(C)NS(=O)(=O)c1ccc(F)cc1Br. The number of hydrogen-bond donors (Lipinski definition) is 1. The summed E-state index contributed by atoms with van der Waals surface area (Å²) in [6.07, 6.45) is 0.760. The van der Waals surface area contributed by atoms with E-state index in [1.165, 1.54) is 6.07 Å². The van der Waals surface area contributed by atoms with Crippen molar-refractivity contribution in [1.29, 1.82) is 0 Å². The molecule has 0 aliphatic carbocycles. The van der Waals surface area contributed by atoms with E-state index >= 15 is 0 Å². The van der Waals surface area contributed by atoms with E-state index in [4.69, 9.17) is 0 Å². The van der Waals surface area contributed by atoms with Gasteiger partial charge in [-0.25, -0.2) is 17.5 Å². The Morgan fingerprint density at radius 2 is 2.16 bits per heavy atom. The Bertz CT molecular complexity index is 522. The van der Waals surface area contributed by atoms with Crippen LogP contribution in [0.4, 0.5) is 4.39 Å². The van der Waals surface area contributed by atoms with Crippen LogP contribution >= 0.6 is 27.7 Å². The van der Waals surface area contributed by atoms with Crippen molar-refractivity contribution in [2.75, 3.05) is 11.5 Å². The molecule has 1 atom stereocenters. The lowest BCUT2D eigenvalue weighted by molar-refractivity contribution is 0.556. The molecule has 1 N–H and O–H groups in total. The van der Waals surface area contributed by atoms with Crippen molar-refractivity contribution in [3.8, 4) is 0 Å². The smallest absolute Gasteiger partial charge is 0.208 e. The number of rotatable bonds is 7. The summed E-state index contributed by atoms with van der Waals surface area (Å²) >= 11 is 4.84. The van der Waals surface area contributed by atoms with Crippen LogP contribution in [0.25, 0.3) is 0 Å². The minimum absolute atomic E-state index is 0.0592. The maximum absolute atomic E-state index is 13.0. The Morgan fingerprint density at radius 3 is 2.74 bits per heavy atom. The van der Waals surface area contributed by atoms with Gasteiger partial charge in [-0.1, -0.05) is 6.92 Å². The van der Waals surface area contributed by atoms with Gasteiger partial charge in [-0.05, 0) is 59.0 Å². The number of nitrogens with one attached hydrogen (secondary N) is 1. The van der Waals surface area contributed by atoms with Gasteiger partial charge in [-0.3, -0.25) is 0 Å². The predicted octanol–water partition coefficient (Wildman–Crippen LogP) is 3.40. The molecule has 19 heavy (non-hydrogen) atoms. The van der Waals surface area contributed by atoms with E-state index in [9.17, 15) is 12.8 Å². The molecule has 0 heterocycles. The molecule has 108 valence electrons. The molecule has 0 aromatic heterocycles. The number of sulfonamides is 1. The minimum Gasteiger partial charge on any atom is -0.208 e. The number of hydrogen-bond acceptors (Lipinski definition) is 3. The van der Waals surface area contributed by atoms with Gasteiger partial charge < -0.3 is 0 Å². The molecule has 0 bridgehead atoms. The molecule has 1 aromatic rings. The van der Waals surface area contributed by atoms with E-state index in [-0.39, 0.29) is 15.4 Å². The van der Waals surface area contributed by atoms with Crippen LogP contribution in [-0.2, 0) is 10.0 Å². The summed E-state index contributed by atoms with van der Waals surface area (Å²) in [6.45, 7) is 3.89. The lowest BCUT2D eigenvalue weighted by Crippen LogP contribution is -2.33. The molecule has 0 fully saturated rings. The van der Waals surface area contributed by atoms with E-state index in [0.717, 1.165) is 30.1 Å². The van der Waals surface area contributed by atoms with Crippen LogP contribution in [0.3, 0.4) is 0 Å². The number of halogens is 2. The van der Waals surface area contributed by atoms with Gasteiger partial charge in [-0.2, -0.15) is 11.8 Å². The summed E-state index contributed by atoms with van der Waals surface area (Å²) in [4.78, 5) is 0.0592. The molecule has 0 radical (unpaired) electrons. The summed E-state index contributed by atoms with van der Waals surface area (Å²) in [5, 5.41) is 0. The van der Waals surface area contributed by atoms with Crippen LogP contribution in [0.1, 0.15) is 20.3 Å². The largest absolute Gasteiger partial charge is 0.241 e. The Balaban J connectivity index is 2.75. The van der Waals surface area contributed by atoms with E-state index in [1.54, 1.807) is 11.8 Å². The summed E-state index contributed by atoms with van der Waals surface area (Å²) in [7, 11) is -3.62. The van der Waals surface area contributed by atoms with Crippen molar-refractivity contribution in [1.82, 2.24) is 4.72 Å². The fourth-order valence-electron chi connectivity index (χ4n) is 1.48.